The molecule has 0 bridgehead atoms. The molecule has 0 aliphatic rings. The second-order valence-corrected chi connectivity index (χ2v) is 3.99. The number of carbonyl (C=O) groups is 2. The zero-order valence-electron chi connectivity index (χ0n) is 10.5. The largest absolute Gasteiger partial charge is 0.478 e. The Morgan fingerprint density at radius 2 is 1.45 bits per heavy atom. The lowest BCUT2D eigenvalue weighted by atomic mass is 10.1. The van der Waals surface area contributed by atoms with Gasteiger partial charge in [0.25, 0.3) is 0 Å². The van der Waals surface area contributed by atoms with Crippen LogP contribution in [-0.2, 0) is 0 Å². The molecule has 0 heterocycles. The van der Waals surface area contributed by atoms with Crippen molar-refractivity contribution in [3.8, 4) is 0 Å². The van der Waals surface area contributed by atoms with Crippen LogP contribution in [0.4, 0.5) is 0 Å². The Morgan fingerprint density at radius 3 is 2.00 bits per heavy atom. The van der Waals surface area contributed by atoms with Gasteiger partial charge in [0.15, 0.2) is 5.78 Å². The molecule has 0 saturated heterocycles. The van der Waals surface area contributed by atoms with Crippen LogP contribution in [0.3, 0.4) is 0 Å². The molecule has 0 fully saturated rings. The number of rotatable bonds is 4. The zero-order valence-corrected chi connectivity index (χ0v) is 11.3. The summed E-state index contributed by atoms with van der Waals surface area (Å²) >= 11 is 0. The van der Waals surface area contributed by atoms with Crippen LogP contribution in [0, 0.1) is 0 Å². The van der Waals surface area contributed by atoms with Crippen LogP contribution in [0.5, 0.6) is 0 Å². The fraction of sp³-hybridized carbons (Fsp3) is 0. The first kappa shape index (κ1) is 15.7. The maximum atomic E-state index is 11.8. The van der Waals surface area contributed by atoms with E-state index >= 15 is 0 Å². The minimum absolute atomic E-state index is 0. The first-order valence-corrected chi connectivity index (χ1v) is 5.77. The fourth-order valence-corrected chi connectivity index (χ4v) is 1.61. The number of carboxylic acid groups (broad SMARTS) is 1. The molecule has 0 saturated carbocycles. The van der Waals surface area contributed by atoms with Gasteiger partial charge in [-0.1, -0.05) is 48.5 Å². The Balaban J connectivity index is 0.00000200. The van der Waals surface area contributed by atoms with Gasteiger partial charge in [-0.25, -0.2) is 4.79 Å². The molecule has 2 aromatic carbocycles. The van der Waals surface area contributed by atoms with Gasteiger partial charge in [0.1, 0.15) is 0 Å². The smallest absolute Gasteiger partial charge is 0.335 e. The summed E-state index contributed by atoms with van der Waals surface area (Å²) in [6.45, 7) is 0. The van der Waals surface area contributed by atoms with E-state index in [4.69, 9.17) is 5.11 Å². The lowest BCUT2D eigenvalue weighted by Crippen LogP contribution is -1.95. The number of allylic oxidation sites excluding steroid dienone is 1. The highest BCUT2D eigenvalue weighted by atomic mass is 35.5. The number of benzene rings is 2. The summed E-state index contributed by atoms with van der Waals surface area (Å²) in [7, 11) is 0. The van der Waals surface area contributed by atoms with Gasteiger partial charge in [0.05, 0.1) is 5.56 Å². The van der Waals surface area contributed by atoms with Crippen molar-refractivity contribution in [2.45, 2.75) is 0 Å². The van der Waals surface area contributed by atoms with E-state index in [2.05, 4.69) is 0 Å². The highest BCUT2D eigenvalue weighted by Crippen LogP contribution is 2.08. The van der Waals surface area contributed by atoms with E-state index in [0.717, 1.165) is 5.56 Å². The van der Waals surface area contributed by atoms with E-state index in [1.54, 1.807) is 30.3 Å². The number of halogens is 1. The molecule has 3 nitrogen and oxygen atoms in total. The highest BCUT2D eigenvalue weighted by molar-refractivity contribution is 6.06. The Hall–Kier alpha value is -2.39. The molecule has 102 valence electrons. The molecule has 0 aromatic heterocycles. The molecule has 0 atom stereocenters. The van der Waals surface area contributed by atoms with Gasteiger partial charge in [-0.3, -0.25) is 4.79 Å². The number of hydrogen-bond donors (Lipinski definition) is 1. The molecule has 0 amide bonds. The summed E-state index contributed by atoms with van der Waals surface area (Å²) < 4.78 is 0. The number of carboxylic acids is 1. The maximum Gasteiger partial charge on any atom is 0.335 e. The van der Waals surface area contributed by atoms with Crippen LogP contribution in [0.25, 0.3) is 6.08 Å². The van der Waals surface area contributed by atoms with Gasteiger partial charge in [0.2, 0.25) is 0 Å². The summed E-state index contributed by atoms with van der Waals surface area (Å²) in [4.78, 5) is 22.5. The van der Waals surface area contributed by atoms with E-state index in [-0.39, 0.29) is 23.8 Å². The van der Waals surface area contributed by atoms with Gasteiger partial charge in [-0.2, -0.15) is 0 Å². The molecule has 0 aliphatic heterocycles. The van der Waals surface area contributed by atoms with Crippen LogP contribution >= 0.6 is 12.4 Å². The number of carbonyl (C=O) groups excluding carboxylic acids is 1. The molecule has 2 aromatic rings. The van der Waals surface area contributed by atoms with Crippen LogP contribution < -0.4 is 0 Å². The van der Waals surface area contributed by atoms with Crippen molar-refractivity contribution in [2.75, 3.05) is 0 Å². The minimum Gasteiger partial charge on any atom is -0.478 e. The molecule has 1 N–H and O–H groups in total. The Kier molecular flexibility index (Phi) is 5.69. The zero-order chi connectivity index (χ0) is 13.7. The average molecular weight is 289 g/mol. The second kappa shape index (κ2) is 7.26. The maximum absolute atomic E-state index is 11.8. The molecule has 20 heavy (non-hydrogen) atoms. The highest BCUT2D eigenvalue weighted by Gasteiger charge is 2.01. The SMILES string of the molecule is Cl.O=C(O)c1ccc(C=CC(=O)c2ccccc2)cc1. The lowest BCUT2D eigenvalue weighted by Gasteiger charge is -1.96. The van der Waals surface area contributed by atoms with Crippen LogP contribution in [0.2, 0.25) is 0 Å². The predicted molar refractivity (Wildman–Crippen MR) is 80.5 cm³/mol. The van der Waals surface area contributed by atoms with Gasteiger partial charge >= 0.3 is 5.97 Å². The average Bonchev–Trinajstić information content (AvgIpc) is 2.46. The summed E-state index contributed by atoms with van der Waals surface area (Å²) in [6.07, 6.45) is 3.14. The van der Waals surface area contributed by atoms with Crippen LogP contribution in [0.15, 0.2) is 60.7 Å². The van der Waals surface area contributed by atoms with Crippen molar-refractivity contribution in [1.29, 1.82) is 0 Å². The first-order chi connectivity index (χ1) is 9.16. The minimum atomic E-state index is -0.962. The van der Waals surface area contributed by atoms with Crippen molar-refractivity contribution in [1.82, 2.24) is 0 Å². The summed E-state index contributed by atoms with van der Waals surface area (Å²) in [5.41, 5.74) is 1.64. The quantitative estimate of drug-likeness (QED) is 0.689. The van der Waals surface area contributed by atoms with Crippen LogP contribution in [0.1, 0.15) is 26.3 Å². The van der Waals surface area contributed by atoms with Crippen molar-refractivity contribution in [2.24, 2.45) is 0 Å². The first-order valence-electron chi connectivity index (χ1n) is 5.77. The molecular formula is C16H13ClO3. The number of ketones is 1. The fourth-order valence-electron chi connectivity index (χ4n) is 1.61. The molecule has 0 unspecified atom stereocenters. The van der Waals surface area contributed by atoms with E-state index in [1.807, 2.05) is 18.2 Å². The van der Waals surface area contributed by atoms with Crippen molar-refractivity contribution in [3.63, 3.8) is 0 Å². The second-order valence-electron chi connectivity index (χ2n) is 3.99. The third-order valence-corrected chi connectivity index (χ3v) is 2.64. The standard InChI is InChI=1S/C16H12O3.ClH/c17-15(13-4-2-1-3-5-13)11-8-12-6-9-14(10-7-12)16(18)19;/h1-11H,(H,18,19);1H. The Bertz CT molecular complexity index is 616. The molecule has 2 rings (SSSR count). The van der Waals surface area contributed by atoms with E-state index in [0.29, 0.717) is 5.56 Å². The predicted octanol–water partition coefficient (Wildman–Crippen LogP) is 3.70. The molecule has 0 aliphatic carbocycles. The van der Waals surface area contributed by atoms with E-state index in [9.17, 15) is 9.59 Å². The summed E-state index contributed by atoms with van der Waals surface area (Å²) in [5, 5.41) is 8.77. The van der Waals surface area contributed by atoms with Gasteiger partial charge in [-0.15, -0.1) is 12.4 Å². The van der Waals surface area contributed by atoms with Gasteiger partial charge in [-0.05, 0) is 23.8 Å². The number of hydrogen-bond acceptors (Lipinski definition) is 2. The van der Waals surface area contributed by atoms with Crippen LogP contribution in [-0.4, -0.2) is 16.9 Å². The Labute approximate surface area is 123 Å². The molecular weight excluding hydrogens is 276 g/mol. The lowest BCUT2D eigenvalue weighted by molar-refractivity contribution is 0.0696. The van der Waals surface area contributed by atoms with E-state index in [1.165, 1.54) is 18.2 Å². The van der Waals surface area contributed by atoms with Crippen molar-refractivity contribution < 1.29 is 14.7 Å². The molecule has 0 spiro atoms. The van der Waals surface area contributed by atoms with Gasteiger partial charge < -0.3 is 5.11 Å². The van der Waals surface area contributed by atoms with E-state index < -0.39 is 5.97 Å². The number of aromatic carboxylic acids is 1. The van der Waals surface area contributed by atoms with Gasteiger partial charge in [0, 0.05) is 5.56 Å². The monoisotopic (exact) mass is 288 g/mol. The van der Waals surface area contributed by atoms with Crippen molar-refractivity contribution >= 4 is 30.2 Å². The molecule has 4 heteroatoms. The molecule has 0 radical (unpaired) electrons. The summed E-state index contributed by atoms with van der Waals surface area (Å²) in [5.74, 6) is -1.04. The third kappa shape index (κ3) is 4.07. The topological polar surface area (TPSA) is 54.4 Å². The Morgan fingerprint density at radius 1 is 0.850 bits per heavy atom. The van der Waals surface area contributed by atoms with Crippen molar-refractivity contribution in [3.05, 3.63) is 77.4 Å². The normalized spacial score (nSPS) is 10.0. The summed E-state index contributed by atoms with van der Waals surface area (Å²) in [6, 6.07) is 15.3. The third-order valence-electron chi connectivity index (χ3n) is 2.64.